The number of pyridine rings is 1. The number of fused-ring (bicyclic) bond motifs is 3. The first kappa shape index (κ1) is 9.60. The molecule has 1 N–H and O–H groups in total. The number of hydrogen-bond donors (Lipinski definition) is 1. The van der Waals surface area contributed by atoms with Crippen molar-refractivity contribution in [1.82, 2.24) is 4.98 Å². The summed E-state index contributed by atoms with van der Waals surface area (Å²) >= 11 is 3.43. The molecule has 16 heavy (non-hydrogen) atoms. The Kier molecular flexibility index (Phi) is 2.07. The SMILES string of the molecule is O=c1[nH]c2ccccc2c2cc(Br)ccc12. The Hall–Kier alpha value is -1.61. The van der Waals surface area contributed by atoms with Crippen molar-refractivity contribution in [2.45, 2.75) is 0 Å². The summed E-state index contributed by atoms with van der Waals surface area (Å²) < 4.78 is 0.982. The van der Waals surface area contributed by atoms with Crippen molar-refractivity contribution in [2.75, 3.05) is 0 Å². The molecule has 0 bridgehead atoms. The van der Waals surface area contributed by atoms with Crippen LogP contribution in [0.5, 0.6) is 0 Å². The van der Waals surface area contributed by atoms with E-state index in [1.54, 1.807) is 0 Å². The Labute approximate surface area is 100 Å². The van der Waals surface area contributed by atoms with Crippen LogP contribution in [0.1, 0.15) is 0 Å². The summed E-state index contributed by atoms with van der Waals surface area (Å²) in [5.74, 6) is 0. The van der Waals surface area contributed by atoms with Gasteiger partial charge < -0.3 is 4.98 Å². The van der Waals surface area contributed by atoms with Crippen LogP contribution in [0.4, 0.5) is 0 Å². The van der Waals surface area contributed by atoms with Crippen LogP contribution in [0.15, 0.2) is 51.7 Å². The van der Waals surface area contributed by atoms with Gasteiger partial charge in [-0.2, -0.15) is 0 Å². The summed E-state index contributed by atoms with van der Waals surface area (Å²) in [6.07, 6.45) is 0. The van der Waals surface area contributed by atoms with Crippen molar-refractivity contribution >= 4 is 37.6 Å². The quantitative estimate of drug-likeness (QED) is 0.626. The second kappa shape index (κ2) is 3.46. The molecular weight excluding hydrogens is 266 g/mol. The standard InChI is InChI=1S/C13H8BrNO/c14-8-5-6-10-11(7-8)9-3-1-2-4-12(9)15-13(10)16/h1-7H,(H,15,16). The fourth-order valence-electron chi connectivity index (χ4n) is 1.95. The van der Waals surface area contributed by atoms with Gasteiger partial charge in [-0.25, -0.2) is 0 Å². The minimum Gasteiger partial charge on any atom is -0.321 e. The maximum absolute atomic E-state index is 11.8. The molecule has 0 amide bonds. The van der Waals surface area contributed by atoms with Crippen molar-refractivity contribution in [3.8, 4) is 0 Å². The number of aromatic nitrogens is 1. The molecule has 0 spiro atoms. The Bertz CT molecular complexity index is 746. The predicted octanol–water partition coefficient (Wildman–Crippen LogP) is 3.44. The van der Waals surface area contributed by atoms with Crippen LogP contribution < -0.4 is 5.56 Å². The Morgan fingerprint density at radius 3 is 2.62 bits per heavy atom. The molecule has 0 fully saturated rings. The molecule has 1 heterocycles. The van der Waals surface area contributed by atoms with E-state index in [9.17, 15) is 4.79 Å². The number of rotatable bonds is 0. The smallest absolute Gasteiger partial charge is 0.256 e. The summed E-state index contributed by atoms with van der Waals surface area (Å²) in [5.41, 5.74) is 0.833. The summed E-state index contributed by atoms with van der Waals surface area (Å²) in [5, 5.41) is 2.77. The van der Waals surface area contributed by atoms with Crippen LogP contribution in [-0.4, -0.2) is 4.98 Å². The molecule has 3 heteroatoms. The third kappa shape index (κ3) is 1.36. The third-order valence-electron chi connectivity index (χ3n) is 2.69. The molecule has 0 aliphatic rings. The monoisotopic (exact) mass is 273 g/mol. The van der Waals surface area contributed by atoms with Gasteiger partial charge >= 0.3 is 0 Å². The first-order valence-corrected chi connectivity index (χ1v) is 5.75. The molecule has 2 nitrogen and oxygen atoms in total. The van der Waals surface area contributed by atoms with Crippen LogP contribution in [0, 0.1) is 0 Å². The molecule has 3 aromatic rings. The molecule has 78 valence electrons. The zero-order chi connectivity index (χ0) is 11.1. The lowest BCUT2D eigenvalue weighted by Crippen LogP contribution is -2.05. The van der Waals surface area contributed by atoms with E-state index in [1.807, 2.05) is 42.5 Å². The molecule has 0 saturated heterocycles. The zero-order valence-electron chi connectivity index (χ0n) is 8.33. The van der Waals surface area contributed by atoms with Crippen molar-refractivity contribution in [1.29, 1.82) is 0 Å². The van der Waals surface area contributed by atoms with Crippen LogP contribution >= 0.6 is 15.9 Å². The van der Waals surface area contributed by atoms with Gasteiger partial charge in [-0.1, -0.05) is 34.1 Å². The highest BCUT2D eigenvalue weighted by molar-refractivity contribution is 9.10. The van der Waals surface area contributed by atoms with E-state index in [4.69, 9.17) is 0 Å². The minimum absolute atomic E-state index is 0.0406. The molecule has 3 rings (SSSR count). The molecule has 0 aliphatic carbocycles. The van der Waals surface area contributed by atoms with E-state index < -0.39 is 0 Å². The van der Waals surface area contributed by atoms with Crippen molar-refractivity contribution in [3.63, 3.8) is 0 Å². The predicted molar refractivity (Wildman–Crippen MR) is 69.8 cm³/mol. The minimum atomic E-state index is -0.0406. The molecule has 0 aliphatic heterocycles. The van der Waals surface area contributed by atoms with Gasteiger partial charge in [0.1, 0.15) is 0 Å². The van der Waals surface area contributed by atoms with Gasteiger partial charge in [0.05, 0.1) is 0 Å². The Morgan fingerprint density at radius 1 is 0.938 bits per heavy atom. The van der Waals surface area contributed by atoms with Gasteiger partial charge in [0.15, 0.2) is 0 Å². The topological polar surface area (TPSA) is 32.9 Å². The summed E-state index contributed by atoms with van der Waals surface area (Å²) in [4.78, 5) is 14.7. The molecular formula is C13H8BrNO. The average Bonchev–Trinajstić information content (AvgIpc) is 2.29. The lowest BCUT2D eigenvalue weighted by Gasteiger charge is -2.03. The molecule has 0 atom stereocenters. The van der Waals surface area contributed by atoms with E-state index in [-0.39, 0.29) is 5.56 Å². The number of para-hydroxylation sites is 1. The number of hydrogen-bond acceptors (Lipinski definition) is 1. The van der Waals surface area contributed by atoms with Crippen molar-refractivity contribution in [3.05, 3.63) is 57.3 Å². The number of aromatic amines is 1. The van der Waals surface area contributed by atoms with Crippen LogP contribution in [0.25, 0.3) is 21.7 Å². The molecule has 0 radical (unpaired) electrons. The summed E-state index contributed by atoms with van der Waals surface area (Å²) in [6, 6.07) is 13.5. The van der Waals surface area contributed by atoms with Crippen LogP contribution in [0.3, 0.4) is 0 Å². The van der Waals surface area contributed by atoms with E-state index in [2.05, 4.69) is 20.9 Å². The third-order valence-corrected chi connectivity index (χ3v) is 3.18. The number of benzene rings is 2. The second-order valence-corrected chi connectivity index (χ2v) is 4.61. The first-order valence-electron chi connectivity index (χ1n) is 4.96. The Morgan fingerprint density at radius 2 is 1.75 bits per heavy atom. The van der Waals surface area contributed by atoms with Gasteiger partial charge in [0.25, 0.3) is 5.56 Å². The molecule has 2 aromatic carbocycles. The van der Waals surface area contributed by atoms with E-state index in [1.165, 1.54) is 0 Å². The first-order chi connectivity index (χ1) is 7.75. The number of H-pyrrole nitrogens is 1. The van der Waals surface area contributed by atoms with Gasteiger partial charge in [-0.05, 0) is 29.7 Å². The largest absolute Gasteiger partial charge is 0.321 e. The number of nitrogens with one attached hydrogen (secondary N) is 1. The summed E-state index contributed by atoms with van der Waals surface area (Å²) in [7, 11) is 0. The lowest BCUT2D eigenvalue weighted by atomic mass is 10.1. The normalized spacial score (nSPS) is 11.1. The fourth-order valence-corrected chi connectivity index (χ4v) is 2.32. The van der Waals surface area contributed by atoms with E-state index in [0.29, 0.717) is 0 Å². The van der Waals surface area contributed by atoms with Crippen molar-refractivity contribution < 1.29 is 0 Å². The maximum atomic E-state index is 11.8. The van der Waals surface area contributed by atoms with Crippen LogP contribution in [-0.2, 0) is 0 Å². The number of halogens is 1. The summed E-state index contributed by atoms with van der Waals surface area (Å²) in [6.45, 7) is 0. The van der Waals surface area contributed by atoms with E-state index >= 15 is 0 Å². The highest BCUT2D eigenvalue weighted by atomic mass is 79.9. The molecule has 0 saturated carbocycles. The highest BCUT2D eigenvalue weighted by Gasteiger charge is 2.04. The fraction of sp³-hybridized carbons (Fsp3) is 0. The van der Waals surface area contributed by atoms with Gasteiger partial charge in [0.2, 0.25) is 0 Å². The second-order valence-electron chi connectivity index (χ2n) is 3.69. The van der Waals surface area contributed by atoms with Crippen molar-refractivity contribution in [2.24, 2.45) is 0 Å². The molecule has 0 unspecified atom stereocenters. The maximum Gasteiger partial charge on any atom is 0.256 e. The van der Waals surface area contributed by atoms with E-state index in [0.717, 1.165) is 26.1 Å². The molecule has 1 aromatic heterocycles. The Balaban J connectivity index is 2.67. The average molecular weight is 274 g/mol. The van der Waals surface area contributed by atoms with Gasteiger partial charge in [-0.3, -0.25) is 4.79 Å². The highest BCUT2D eigenvalue weighted by Crippen LogP contribution is 2.23. The van der Waals surface area contributed by atoms with Gasteiger partial charge in [0, 0.05) is 20.8 Å². The zero-order valence-corrected chi connectivity index (χ0v) is 9.91. The lowest BCUT2D eigenvalue weighted by molar-refractivity contribution is 1.34. The van der Waals surface area contributed by atoms with Gasteiger partial charge in [-0.15, -0.1) is 0 Å². The van der Waals surface area contributed by atoms with Crippen LogP contribution in [0.2, 0.25) is 0 Å².